The van der Waals surface area contributed by atoms with Crippen LogP contribution in [-0.2, 0) is 10.3 Å². The Kier molecular flexibility index (Phi) is 5.55. The van der Waals surface area contributed by atoms with Crippen molar-refractivity contribution < 1.29 is 14.2 Å². The summed E-state index contributed by atoms with van der Waals surface area (Å²) in [5, 5.41) is 13.4. The van der Waals surface area contributed by atoms with Crippen molar-refractivity contribution in [1.29, 1.82) is 0 Å². The molecule has 0 fully saturated rings. The molecule has 3 nitrogen and oxygen atoms in total. The molecule has 2 N–H and O–H groups in total. The molecule has 0 aliphatic rings. The normalized spacial score (nSPS) is 14.6. The molecule has 0 aliphatic carbocycles. The fourth-order valence-electron chi connectivity index (χ4n) is 1.58. The Hall–Kier alpha value is -0.970. The molecule has 1 atom stereocenters. The molecule has 0 saturated heterocycles. The predicted octanol–water partition coefficient (Wildman–Crippen LogP) is 1.66. The molecule has 0 radical (unpaired) electrons. The van der Waals surface area contributed by atoms with Crippen LogP contribution in [0.25, 0.3) is 0 Å². The number of benzene rings is 1. The zero-order valence-electron chi connectivity index (χ0n) is 10.4. The number of nitrogens with one attached hydrogen (secondary N) is 1. The van der Waals surface area contributed by atoms with Gasteiger partial charge in [-0.2, -0.15) is 0 Å². The summed E-state index contributed by atoms with van der Waals surface area (Å²) < 4.78 is 17.7. The second-order valence-electron chi connectivity index (χ2n) is 4.27. The molecule has 0 saturated carbocycles. The van der Waals surface area contributed by atoms with Crippen LogP contribution in [0.4, 0.5) is 4.39 Å². The Morgan fingerprint density at radius 3 is 2.53 bits per heavy atom. The molecule has 0 heterocycles. The van der Waals surface area contributed by atoms with E-state index in [0.717, 1.165) is 12.1 Å². The fraction of sp³-hybridized carbons (Fsp3) is 0.538. The van der Waals surface area contributed by atoms with Crippen molar-refractivity contribution in [3.63, 3.8) is 0 Å². The van der Waals surface area contributed by atoms with Gasteiger partial charge in [0.2, 0.25) is 0 Å². The lowest BCUT2D eigenvalue weighted by Crippen LogP contribution is -2.29. The minimum Gasteiger partial charge on any atom is -0.385 e. The number of halogens is 1. The van der Waals surface area contributed by atoms with Gasteiger partial charge in [0, 0.05) is 13.7 Å². The van der Waals surface area contributed by atoms with E-state index < -0.39 is 5.60 Å². The first-order valence-corrected chi connectivity index (χ1v) is 5.74. The van der Waals surface area contributed by atoms with Crippen LogP contribution in [0, 0.1) is 5.82 Å². The molecular weight excluding hydrogens is 221 g/mol. The minimum absolute atomic E-state index is 0.289. The molecule has 0 aliphatic heterocycles. The largest absolute Gasteiger partial charge is 0.385 e. The lowest BCUT2D eigenvalue weighted by Gasteiger charge is -2.24. The smallest absolute Gasteiger partial charge is 0.123 e. The first-order valence-electron chi connectivity index (χ1n) is 5.74. The number of hydrogen-bond acceptors (Lipinski definition) is 3. The van der Waals surface area contributed by atoms with Crippen LogP contribution in [0.2, 0.25) is 0 Å². The molecule has 0 amide bonds. The van der Waals surface area contributed by atoms with E-state index in [0.29, 0.717) is 19.6 Å². The quantitative estimate of drug-likeness (QED) is 0.713. The van der Waals surface area contributed by atoms with Crippen LogP contribution >= 0.6 is 0 Å². The SMILES string of the molecule is COCCNCCC(C)(O)c1ccc(F)cc1. The highest BCUT2D eigenvalue weighted by molar-refractivity contribution is 5.22. The van der Waals surface area contributed by atoms with E-state index >= 15 is 0 Å². The van der Waals surface area contributed by atoms with Gasteiger partial charge in [-0.1, -0.05) is 12.1 Å². The van der Waals surface area contributed by atoms with E-state index in [2.05, 4.69) is 5.32 Å². The molecule has 0 spiro atoms. The van der Waals surface area contributed by atoms with Gasteiger partial charge in [-0.15, -0.1) is 0 Å². The summed E-state index contributed by atoms with van der Waals surface area (Å²) in [6.45, 7) is 3.83. The van der Waals surface area contributed by atoms with E-state index in [1.807, 2.05) is 0 Å². The summed E-state index contributed by atoms with van der Waals surface area (Å²) in [7, 11) is 1.65. The van der Waals surface area contributed by atoms with Crippen LogP contribution in [0.3, 0.4) is 0 Å². The first kappa shape index (κ1) is 14.1. The Morgan fingerprint density at radius 1 is 1.29 bits per heavy atom. The maximum absolute atomic E-state index is 12.8. The maximum atomic E-state index is 12.8. The van der Waals surface area contributed by atoms with Crippen LogP contribution in [0.1, 0.15) is 18.9 Å². The number of methoxy groups -OCH3 is 1. The Balaban J connectivity index is 2.42. The fourth-order valence-corrected chi connectivity index (χ4v) is 1.58. The highest BCUT2D eigenvalue weighted by Crippen LogP contribution is 2.23. The molecule has 1 unspecified atom stereocenters. The Bertz CT molecular complexity index is 325. The van der Waals surface area contributed by atoms with Gasteiger partial charge in [0.25, 0.3) is 0 Å². The van der Waals surface area contributed by atoms with E-state index in [1.54, 1.807) is 26.2 Å². The monoisotopic (exact) mass is 241 g/mol. The Morgan fingerprint density at radius 2 is 1.94 bits per heavy atom. The van der Waals surface area contributed by atoms with Gasteiger partial charge >= 0.3 is 0 Å². The molecule has 1 aromatic carbocycles. The zero-order valence-corrected chi connectivity index (χ0v) is 10.4. The lowest BCUT2D eigenvalue weighted by molar-refractivity contribution is 0.0474. The first-order chi connectivity index (χ1) is 8.06. The molecule has 0 aromatic heterocycles. The van der Waals surface area contributed by atoms with Gasteiger partial charge < -0.3 is 15.2 Å². The van der Waals surface area contributed by atoms with E-state index in [-0.39, 0.29) is 5.82 Å². The molecular formula is C13H20FNO2. The summed E-state index contributed by atoms with van der Waals surface area (Å²) in [4.78, 5) is 0. The topological polar surface area (TPSA) is 41.5 Å². The third-order valence-corrected chi connectivity index (χ3v) is 2.74. The molecule has 17 heavy (non-hydrogen) atoms. The second kappa shape index (κ2) is 6.69. The number of rotatable bonds is 7. The van der Waals surface area contributed by atoms with Crippen LogP contribution in [0.15, 0.2) is 24.3 Å². The lowest BCUT2D eigenvalue weighted by atomic mass is 9.92. The molecule has 1 aromatic rings. The van der Waals surface area contributed by atoms with Crippen molar-refractivity contribution in [3.8, 4) is 0 Å². The highest BCUT2D eigenvalue weighted by Gasteiger charge is 2.22. The third kappa shape index (κ3) is 4.81. The minimum atomic E-state index is -0.937. The molecule has 0 bridgehead atoms. The summed E-state index contributed by atoms with van der Waals surface area (Å²) in [5.41, 5.74) is -0.208. The van der Waals surface area contributed by atoms with Gasteiger partial charge in [0.1, 0.15) is 5.82 Å². The van der Waals surface area contributed by atoms with E-state index in [4.69, 9.17) is 4.74 Å². The Labute approximate surface area is 102 Å². The van der Waals surface area contributed by atoms with Gasteiger partial charge in [-0.05, 0) is 37.6 Å². The van der Waals surface area contributed by atoms with E-state index in [9.17, 15) is 9.50 Å². The highest BCUT2D eigenvalue weighted by atomic mass is 19.1. The number of aliphatic hydroxyl groups is 1. The van der Waals surface area contributed by atoms with Crippen LogP contribution in [0.5, 0.6) is 0 Å². The molecule has 4 heteroatoms. The van der Waals surface area contributed by atoms with Crippen molar-refractivity contribution in [2.24, 2.45) is 0 Å². The summed E-state index contributed by atoms with van der Waals surface area (Å²) in [6, 6.07) is 5.96. The van der Waals surface area contributed by atoms with Crippen molar-refractivity contribution >= 4 is 0 Å². The summed E-state index contributed by atoms with van der Waals surface area (Å²) in [5.74, 6) is -0.289. The number of hydrogen-bond donors (Lipinski definition) is 2. The van der Waals surface area contributed by atoms with Crippen LogP contribution < -0.4 is 5.32 Å². The second-order valence-corrected chi connectivity index (χ2v) is 4.27. The average Bonchev–Trinajstić information content (AvgIpc) is 2.29. The van der Waals surface area contributed by atoms with Gasteiger partial charge in [0.15, 0.2) is 0 Å². The van der Waals surface area contributed by atoms with Gasteiger partial charge in [-0.25, -0.2) is 4.39 Å². The predicted molar refractivity (Wildman–Crippen MR) is 65.3 cm³/mol. The number of ether oxygens (including phenoxy) is 1. The van der Waals surface area contributed by atoms with Gasteiger partial charge in [-0.3, -0.25) is 0 Å². The standard InChI is InChI=1S/C13H20FNO2/c1-13(16,7-8-15-9-10-17-2)11-3-5-12(14)6-4-11/h3-6,15-16H,7-10H2,1-2H3. The summed E-state index contributed by atoms with van der Waals surface area (Å²) in [6.07, 6.45) is 0.572. The average molecular weight is 241 g/mol. The van der Waals surface area contributed by atoms with Crippen molar-refractivity contribution in [2.45, 2.75) is 18.9 Å². The summed E-state index contributed by atoms with van der Waals surface area (Å²) >= 11 is 0. The van der Waals surface area contributed by atoms with Gasteiger partial charge in [0.05, 0.1) is 12.2 Å². The molecule has 1 rings (SSSR count). The van der Waals surface area contributed by atoms with Crippen molar-refractivity contribution in [3.05, 3.63) is 35.6 Å². The third-order valence-electron chi connectivity index (χ3n) is 2.74. The zero-order chi connectivity index (χ0) is 12.7. The molecule has 96 valence electrons. The maximum Gasteiger partial charge on any atom is 0.123 e. The van der Waals surface area contributed by atoms with Crippen molar-refractivity contribution in [2.75, 3.05) is 26.8 Å². The van der Waals surface area contributed by atoms with E-state index in [1.165, 1.54) is 12.1 Å². The van der Waals surface area contributed by atoms with Crippen molar-refractivity contribution in [1.82, 2.24) is 5.32 Å². The van der Waals surface area contributed by atoms with Crippen LogP contribution in [-0.4, -0.2) is 31.9 Å².